The second kappa shape index (κ2) is 4.88. The van der Waals surface area contributed by atoms with Gasteiger partial charge < -0.3 is 5.73 Å². The molecular weight excluding hydrogens is 210 g/mol. The van der Waals surface area contributed by atoms with Crippen LogP contribution in [0.15, 0.2) is 24.3 Å². The van der Waals surface area contributed by atoms with Crippen molar-refractivity contribution in [3.8, 4) is 0 Å². The Morgan fingerprint density at radius 2 is 2.00 bits per heavy atom. The smallest absolute Gasteiger partial charge is 0.0705 e. The molecule has 0 spiro atoms. The van der Waals surface area contributed by atoms with E-state index < -0.39 is 0 Å². The summed E-state index contributed by atoms with van der Waals surface area (Å²) in [5, 5.41) is 5.88. The van der Waals surface area contributed by atoms with Gasteiger partial charge in [-0.25, -0.2) is 0 Å². The number of nitrogens with zero attached hydrogens (tertiary/aromatic N) is 2. The van der Waals surface area contributed by atoms with Gasteiger partial charge in [-0.3, -0.25) is 4.68 Å². The molecule has 0 radical (unpaired) electrons. The Bertz CT molecular complexity index is 499. The average Bonchev–Trinajstić information content (AvgIpc) is 2.55. The molecule has 1 aromatic heterocycles. The fraction of sp³-hybridized carbons (Fsp3) is 0.500. The SMILES string of the molecule is CC(N)CC(C)Cc1nn(C)c2ccccc12. The lowest BCUT2D eigenvalue weighted by atomic mass is 9.97. The third kappa shape index (κ3) is 2.67. The van der Waals surface area contributed by atoms with Gasteiger partial charge in [-0.15, -0.1) is 0 Å². The molecule has 0 aliphatic heterocycles. The third-order valence-corrected chi connectivity index (χ3v) is 3.15. The highest BCUT2D eigenvalue weighted by Gasteiger charge is 2.12. The van der Waals surface area contributed by atoms with Gasteiger partial charge in [0.15, 0.2) is 0 Å². The number of fused-ring (bicyclic) bond motifs is 1. The topological polar surface area (TPSA) is 43.8 Å². The van der Waals surface area contributed by atoms with E-state index in [1.54, 1.807) is 0 Å². The molecule has 0 fully saturated rings. The second-order valence-electron chi connectivity index (χ2n) is 5.11. The summed E-state index contributed by atoms with van der Waals surface area (Å²) in [6.45, 7) is 4.31. The first-order valence-corrected chi connectivity index (χ1v) is 6.24. The van der Waals surface area contributed by atoms with Crippen LogP contribution in [0.25, 0.3) is 10.9 Å². The number of para-hydroxylation sites is 1. The van der Waals surface area contributed by atoms with E-state index >= 15 is 0 Å². The number of benzene rings is 1. The van der Waals surface area contributed by atoms with Crippen molar-refractivity contribution in [1.29, 1.82) is 0 Å². The fourth-order valence-corrected chi connectivity index (χ4v) is 2.49. The molecule has 17 heavy (non-hydrogen) atoms. The Kier molecular flexibility index (Phi) is 3.48. The van der Waals surface area contributed by atoms with Crippen LogP contribution in [0.5, 0.6) is 0 Å². The monoisotopic (exact) mass is 231 g/mol. The fourth-order valence-electron chi connectivity index (χ4n) is 2.49. The molecule has 2 unspecified atom stereocenters. The molecule has 0 aliphatic rings. The molecule has 0 saturated carbocycles. The standard InChI is InChI=1S/C14H21N3/c1-10(8-11(2)15)9-13-12-6-4-5-7-14(12)17(3)16-13/h4-7,10-11H,8-9,15H2,1-3H3. The van der Waals surface area contributed by atoms with Crippen molar-refractivity contribution in [3.63, 3.8) is 0 Å². The third-order valence-electron chi connectivity index (χ3n) is 3.15. The summed E-state index contributed by atoms with van der Waals surface area (Å²) in [7, 11) is 2.00. The van der Waals surface area contributed by atoms with Crippen LogP contribution < -0.4 is 5.73 Å². The highest BCUT2D eigenvalue weighted by Crippen LogP contribution is 2.21. The molecule has 0 amide bonds. The minimum absolute atomic E-state index is 0.264. The van der Waals surface area contributed by atoms with E-state index in [-0.39, 0.29) is 6.04 Å². The van der Waals surface area contributed by atoms with E-state index in [9.17, 15) is 0 Å². The summed E-state index contributed by atoms with van der Waals surface area (Å²) < 4.78 is 1.96. The minimum Gasteiger partial charge on any atom is -0.328 e. The van der Waals surface area contributed by atoms with Crippen LogP contribution in [0.4, 0.5) is 0 Å². The zero-order valence-corrected chi connectivity index (χ0v) is 10.9. The summed E-state index contributed by atoms with van der Waals surface area (Å²) in [5.74, 6) is 0.577. The van der Waals surface area contributed by atoms with E-state index in [4.69, 9.17) is 5.73 Å². The first-order valence-electron chi connectivity index (χ1n) is 6.24. The van der Waals surface area contributed by atoms with Gasteiger partial charge in [-0.05, 0) is 31.7 Å². The highest BCUT2D eigenvalue weighted by molar-refractivity contribution is 5.81. The maximum Gasteiger partial charge on any atom is 0.0705 e. The van der Waals surface area contributed by atoms with Gasteiger partial charge in [-0.2, -0.15) is 5.10 Å². The zero-order valence-electron chi connectivity index (χ0n) is 10.9. The van der Waals surface area contributed by atoms with E-state index in [1.807, 2.05) is 11.7 Å². The lowest BCUT2D eigenvalue weighted by Crippen LogP contribution is -2.19. The molecule has 1 aromatic carbocycles. The van der Waals surface area contributed by atoms with Gasteiger partial charge in [0.25, 0.3) is 0 Å². The van der Waals surface area contributed by atoms with Crippen molar-refractivity contribution in [3.05, 3.63) is 30.0 Å². The molecule has 3 nitrogen and oxygen atoms in total. The largest absolute Gasteiger partial charge is 0.328 e. The molecule has 2 rings (SSSR count). The van der Waals surface area contributed by atoms with Crippen LogP contribution >= 0.6 is 0 Å². The molecule has 92 valence electrons. The number of aromatic nitrogens is 2. The van der Waals surface area contributed by atoms with E-state index in [2.05, 4.69) is 43.2 Å². The first-order chi connectivity index (χ1) is 8.08. The quantitative estimate of drug-likeness (QED) is 0.878. The number of hydrogen-bond donors (Lipinski definition) is 1. The molecule has 1 heterocycles. The van der Waals surface area contributed by atoms with Crippen molar-refractivity contribution in [2.45, 2.75) is 32.7 Å². The van der Waals surface area contributed by atoms with E-state index in [0.717, 1.165) is 12.8 Å². The highest BCUT2D eigenvalue weighted by atomic mass is 15.3. The number of aryl methyl sites for hydroxylation is 1. The molecule has 0 bridgehead atoms. The van der Waals surface area contributed by atoms with Gasteiger partial charge in [0.05, 0.1) is 11.2 Å². The Morgan fingerprint density at radius 1 is 1.29 bits per heavy atom. The minimum atomic E-state index is 0.264. The van der Waals surface area contributed by atoms with Crippen molar-refractivity contribution < 1.29 is 0 Å². The number of hydrogen-bond acceptors (Lipinski definition) is 2. The molecule has 3 heteroatoms. The predicted octanol–water partition coefficient (Wildman–Crippen LogP) is 2.49. The number of nitrogens with two attached hydrogens (primary N) is 1. The molecule has 0 aliphatic carbocycles. The molecule has 2 aromatic rings. The van der Waals surface area contributed by atoms with E-state index in [0.29, 0.717) is 5.92 Å². The van der Waals surface area contributed by atoms with Crippen molar-refractivity contribution in [2.24, 2.45) is 18.7 Å². The maximum atomic E-state index is 5.84. The lowest BCUT2D eigenvalue weighted by Gasteiger charge is -2.12. The van der Waals surface area contributed by atoms with Gasteiger partial charge in [0.2, 0.25) is 0 Å². The summed E-state index contributed by atoms with van der Waals surface area (Å²) in [4.78, 5) is 0. The van der Waals surface area contributed by atoms with Crippen LogP contribution in [-0.2, 0) is 13.5 Å². The lowest BCUT2D eigenvalue weighted by molar-refractivity contribution is 0.474. The molecule has 0 saturated heterocycles. The Balaban J connectivity index is 2.24. The summed E-state index contributed by atoms with van der Waals surface area (Å²) in [6.07, 6.45) is 2.05. The Morgan fingerprint density at radius 3 is 2.71 bits per heavy atom. The summed E-state index contributed by atoms with van der Waals surface area (Å²) >= 11 is 0. The Labute approximate surface area is 103 Å². The second-order valence-corrected chi connectivity index (χ2v) is 5.11. The van der Waals surface area contributed by atoms with Crippen molar-refractivity contribution >= 4 is 10.9 Å². The summed E-state index contributed by atoms with van der Waals surface area (Å²) in [5.41, 5.74) is 8.23. The van der Waals surface area contributed by atoms with Crippen molar-refractivity contribution in [2.75, 3.05) is 0 Å². The predicted molar refractivity (Wildman–Crippen MR) is 71.8 cm³/mol. The van der Waals surface area contributed by atoms with Crippen LogP contribution in [-0.4, -0.2) is 15.8 Å². The number of rotatable bonds is 4. The van der Waals surface area contributed by atoms with Crippen LogP contribution in [0.1, 0.15) is 26.0 Å². The zero-order chi connectivity index (χ0) is 12.4. The van der Waals surface area contributed by atoms with Gasteiger partial charge in [-0.1, -0.05) is 25.1 Å². The van der Waals surface area contributed by atoms with Crippen LogP contribution in [0.2, 0.25) is 0 Å². The van der Waals surface area contributed by atoms with Crippen molar-refractivity contribution in [1.82, 2.24) is 9.78 Å². The molecule has 2 atom stereocenters. The normalized spacial score (nSPS) is 15.1. The van der Waals surface area contributed by atoms with E-state index in [1.165, 1.54) is 16.6 Å². The van der Waals surface area contributed by atoms with Crippen LogP contribution in [0.3, 0.4) is 0 Å². The van der Waals surface area contributed by atoms with Gasteiger partial charge in [0.1, 0.15) is 0 Å². The van der Waals surface area contributed by atoms with Gasteiger partial charge in [0, 0.05) is 18.5 Å². The van der Waals surface area contributed by atoms with Crippen LogP contribution in [0, 0.1) is 5.92 Å². The summed E-state index contributed by atoms with van der Waals surface area (Å²) in [6, 6.07) is 8.65. The average molecular weight is 231 g/mol. The molecule has 2 N–H and O–H groups in total. The van der Waals surface area contributed by atoms with Gasteiger partial charge >= 0.3 is 0 Å². The maximum absolute atomic E-state index is 5.84. The first kappa shape index (κ1) is 12.1. The molecular formula is C14H21N3. The Hall–Kier alpha value is -1.35.